The molecule has 1 fully saturated rings. The molecule has 2 aliphatic heterocycles. The molecule has 0 aromatic heterocycles. The van der Waals surface area contributed by atoms with Gasteiger partial charge in [-0.05, 0) is 52.7 Å². The first-order valence-corrected chi connectivity index (χ1v) is 12.2. The number of rotatable bonds is 5. The van der Waals surface area contributed by atoms with Crippen molar-refractivity contribution in [2.45, 2.75) is 53.1 Å². The van der Waals surface area contributed by atoms with Gasteiger partial charge < -0.3 is 20.3 Å². The minimum Gasteiger partial charge on any atom is -0.463 e. The summed E-state index contributed by atoms with van der Waals surface area (Å²) in [6.07, 6.45) is 0. The number of urea groups is 2. The molecule has 0 bridgehead atoms. The van der Waals surface area contributed by atoms with Crippen molar-refractivity contribution in [3.8, 4) is 0 Å². The maximum absolute atomic E-state index is 13.2. The van der Waals surface area contributed by atoms with E-state index >= 15 is 0 Å². The number of likely N-dealkylation sites (N-methyl/N-ethyl adjacent to an activating group) is 1. The Labute approximate surface area is 208 Å². The monoisotopic (exact) mass is 485 g/mol. The molecular weight excluding hydrogens is 446 g/mol. The van der Waals surface area contributed by atoms with Gasteiger partial charge in [-0.25, -0.2) is 14.4 Å². The van der Waals surface area contributed by atoms with E-state index in [1.165, 1.54) is 4.90 Å². The van der Waals surface area contributed by atoms with Crippen molar-refractivity contribution < 1.29 is 19.1 Å². The summed E-state index contributed by atoms with van der Waals surface area (Å²) in [7, 11) is 1.68. The van der Waals surface area contributed by atoms with Crippen LogP contribution in [0.2, 0.25) is 0 Å². The molecule has 35 heavy (non-hydrogen) atoms. The number of carbonyl (C=O) groups excluding carboxylic acids is 3. The Kier molecular flexibility index (Phi) is 8.10. The molecular formula is C26H39N5O4. The number of ether oxygens (including phenoxy) is 1. The minimum absolute atomic E-state index is 0.0762. The van der Waals surface area contributed by atoms with Gasteiger partial charge in [-0.1, -0.05) is 23.8 Å². The molecule has 0 radical (unpaired) electrons. The van der Waals surface area contributed by atoms with Crippen molar-refractivity contribution in [1.82, 2.24) is 25.3 Å². The lowest BCUT2D eigenvalue weighted by Gasteiger charge is -2.40. The van der Waals surface area contributed by atoms with Gasteiger partial charge in [-0.3, -0.25) is 9.80 Å². The van der Waals surface area contributed by atoms with Gasteiger partial charge in [-0.2, -0.15) is 0 Å². The lowest BCUT2D eigenvalue weighted by Crippen LogP contribution is -2.56. The molecule has 2 N–H and O–H groups in total. The van der Waals surface area contributed by atoms with Crippen LogP contribution >= 0.6 is 0 Å². The third-order valence-corrected chi connectivity index (χ3v) is 6.32. The Bertz CT molecular complexity index is 1010. The molecule has 3 rings (SSSR count). The zero-order valence-corrected chi connectivity index (χ0v) is 22.0. The van der Waals surface area contributed by atoms with E-state index in [0.717, 1.165) is 16.7 Å². The molecule has 0 aliphatic carbocycles. The molecule has 4 amide bonds. The Morgan fingerprint density at radius 3 is 2.37 bits per heavy atom. The van der Waals surface area contributed by atoms with E-state index in [9.17, 15) is 14.4 Å². The summed E-state index contributed by atoms with van der Waals surface area (Å²) in [6.45, 7) is 14.7. The van der Waals surface area contributed by atoms with Gasteiger partial charge in [0.1, 0.15) is 0 Å². The van der Waals surface area contributed by atoms with E-state index in [1.807, 2.05) is 52.8 Å². The predicted molar refractivity (Wildman–Crippen MR) is 135 cm³/mol. The van der Waals surface area contributed by atoms with Crippen LogP contribution in [0.3, 0.4) is 0 Å². The van der Waals surface area contributed by atoms with Crippen LogP contribution in [-0.2, 0) is 9.53 Å². The smallest absolute Gasteiger partial charge is 0.338 e. The van der Waals surface area contributed by atoms with Crippen LogP contribution in [-0.4, -0.2) is 84.6 Å². The molecule has 2 aliphatic rings. The molecule has 9 heteroatoms. The van der Waals surface area contributed by atoms with Gasteiger partial charge in [0.15, 0.2) is 0 Å². The van der Waals surface area contributed by atoms with E-state index in [0.29, 0.717) is 44.0 Å². The van der Waals surface area contributed by atoms with Crippen LogP contribution in [0, 0.1) is 13.8 Å². The topological polar surface area (TPSA) is 94.2 Å². The highest BCUT2D eigenvalue weighted by Crippen LogP contribution is 2.33. The zero-order chi connectivity index (χ0) is 25.9. The second-order valence-electron chi connectivity index (χ2n) is 10.3. The lowest BCUT2D eigenvalue weighted by molar-refractivity contribution is -0.139. The number of piperazine rings is 1. The standard InChI is InChI=1S/C26H39N5O4/c1-8-35-23(32)21-20(16-30-11-13-31(14-12-30)25(34)28-26(4,5)6)29(7)24(33)27-22(21)19-10-9-17(2)15-18(19)3/h9-10,15,22H,8,11-14,16H2,1-7H3,(H,27,33)(H,28,34)/t22-/m0/s1. The second kappa shape index (κ2) is 10.7. The van der Waals surface area contributed by atoms with Crippen LogP contribution in [0.5, 0.6) is 0 Å². The Balaban J connectivity index is 1.88. The normalized spacial score (nSPS) is 19.5. The van der Waals surface area contributed by atoms with Crippen molar-refractivity contribution in [3.05, 3.63) is 46.2 Å². The Hall–Kier alpha value is -3.07. The fourth-order valence-corrected chi connectivity index (χ4v) is 4.50. The van der Waals surface area contributed by atoms with Gasteiger partial charge in [0.2, 0.25) is 0 Å². The number of nitrogens with one attached hydrogen (secondary N) is 2. The van der Waals surface area contributed by atoms with Crippen molar-refractivity contribution in [2.24, 2.45) is 0 Å². The summed E-state index contributed by atoms with van der Waals surface area (Å²) >= 11 is 0. The highest BCUT2D eigenvalue weighted by atomic mass is 16.5. The van der Waals surface area contributed by atoms with Gasteiger partial charge in [0.25, 0.3) is 0 Å². The maximum Gasteiger partial charge on any atom is 0.338 e. The van der Waals surface area contributed by atoms with Crippen LogP contribution < -0.4 is 10.6 Å². The number of amides is 4. The number of aryl methyl sites for hydroxylation is 2. The zero-order valence-electron chi connectivity index (χ0n) is 22.0. The molecule has 2 heterocycles. The van der Waals surface area contributed by atoms with E-state index in [2.05, 4.69) is 15.5 Å². The van der Waals surface area contributed by atoms with Crippen LogP contribution in [0.1, 0.15) is 50.4 Å². The summed E-state index contributed by atoms with van der Waals surface area (Å²) in [5, 5.41) is 6.00. The van der Waals surface area contributed by atoms with Crippen LogP contribution in [0.4, 0.5) is 9.59 Å². The number of benzene rings is 1. The molecule has 9 nitrogen and oxygen atoms in total. The molecule has 0 spiro atoms. The van der Waals surface area contributed by atoms with Crippen molar-refractivity contribution in [1.29, 1.82) is 0 Å². The largest absolute Gasteiger partial charge is 0.463 e. The van der Waals surface area contributed by atoms with Gasteiger partial charge >= 0.3 is 18.0 Å². The Morgan fingerprint density at radius 2 is 1.80 bits per heavy atom. The van der Waals surface area contributed by atoms with E-state index in [1.54, 1.807) is 18.9 Å². The minimum atomic E-state index is -0.591. The van der Waals surface area contributed by atoms with Gasteiger partial charge in [0, 0.05) is 51.0 Å². The summed E-state index contributed by atoms with van der Waals surface area (Å²) in [6, 6.07) is 5.06. The number of carbonyl (C=O) groups is 3. The van der Waals surface area contributed by atoms with Gasteiger partial charge in [-0.15, -0.1) is 0 Å². The lowest BCUT2D eigenvalue weighted by atomic mass is 9.90. The van der Waals surface area contributed by atoms with E-state index < -0.39 is 12.0 Å². The molecule has 192 valence electrons. The number of hydrogen-bond donors (Lipinski definition) is 2. The van der Waals surface area contributed by atoms with Crippen LogP contribution in [0.25, 0.3) is 0 Å². The second-order valence-corrected chi connectivity index (χ2v) is 10.3. The first kappa shape index (κ1) is 26.5. The molecule has 1 saturated heterocycles. The average Bonchev–Trinajstić information content (AvgIpc) is 2.76. The maximum atomic E-state index is 13.2. The highest BCUT2D eigenvalue weighted by Gasteiger charge is 2.38. The average molecular weight is 486 g/mol. The van der Waals surface area contributed by atoms with Crippen molar-refractivity contribution in [2.75, 3.05) is 46.4 Å². The molecule has 0 unspecified atom stereocenters. The fraction of sp³-hybridized carbons (Fsp3) is 0.577. The number of esters is 1. The highest BCUT2D eigenvalue weighted by molar-refractivity contribution is 5.95. The van der Waals surface area contributed by atoms with E-state index in [-0.39, 0.29) is 24.2 Å². The first-order chi connectivity index (χ1) is 16.4. The summed E-state index contributed by atoms with van der Waals surface area (Å²) < 4.78 is 5.44. The summed E-state index contributed by atoms with van der Waals surface area (Å²) in [5.41, 5.74) is 3.77. The summed E-state index contributed by atoms with van der Waals surface area (Å²) in [4.78, 5) is 44.2. The van der Waals surface area contributed by atoms with Crippen molar-refractivity contribution >= 4 is 18.0 Å². The number of nitrogens with zero attached hydrogens (tertiary/aromatic N) is 3. The quantitative estimate of drug-likeness (QED) is 0.626. The molecule has 1 aromatic carbocycles. The van der Waals surface area contributed by atoms with E-state index in [4.69, 9.17) is 4.74 Å². The third-order valence-electron chi connectivity index (χ3n) is 6.32. The van der Waals surface area contributed by atoms with Gasteiger partial charge in [0.05, 0.1) is 18.2 Å². The van der Waals surface area contributed by atoms with Crippen LogP contribution in [0.15, 0.2) is 29.5 Å². The SMILES string of the molecule is CCOC(=O)C1=C(CN2CCN(C(=O)NC(C)(C)C)CC2)N(C)C(=O)N[C@H]1c1ccc(C)cc1C. The third kappa shape index (κ3) is 6.33. The Morgan fingerprint density at radius 1 is 1.14 bits per heavy atom. The molecule has 0 saturated carbocycles. The predicted octanol–water partition coefficient (Wildman–Crippen LogP) is 2.94. The fourth-order valence-electron chi connectivity index (χ4n) is 4.50. The first-order valence-electron chi connectivity index (χ1n) is 12.2. The molecule has 1 aromatic rings. The van der Waals surface area contributed by atoms with Crippen molar-refractivity contribution in [3.63, 3.8) is 0 Å². The summed E-state index contributed by atoms with van der Waals surface area (Å²) in [5.74, 6) is -0.428. The number of hydrogen-bond acceptors (Lipinski definition) is 5. The molecule has 1 atom stereocenters.